The lowest BCUT2D eigenvalue weighted by atomic mass is 10.2. The highest BCUT2D eigenvalue weighted by Gasteiger charge is 2.24. The summed E-state index contributed by atoms with van der Waals surface area (Å²) in [6.45, 7) is 2.09. The van der Waals surface area contributed by atoms with E-state index in [1.165, 1.54) is 29.9 Å². The number of imidazole rings is 1. The van der Waals surface area contributed by atoms with E-state index in [4.69, 9.17) is 11.6 Å². The van der Waals surface area contributed by atoms with Crippen molar-refractivity contribution in [3.8, 4) is 5.69 Å². The van der Waals surface area contributed by atoms with E-state index in [0.29, 0.717) is 16.4 Å². The van der Waals surface area contributed by atoms with E-state index in [2.05, 4.69) is 16.9 Å². The average Bonchev–Trinajstić information content (AvgIpc) is 3.50. The lowest BCUT2D eigenvalue weighted by Gasteiger charge is -2.19. The normalized spacial score (nSPS) is 13.5. The summed E-state index contributed by atoms with van der Waals surface area (Å²) >= 11 is 7.71. The molecule has 1 aromatic heterocycles. The number of nitrogens with zero attached hydrogens (tertiary/aromatic N) is 4. The molecule has 1 fully saturated rings. The zero-order valence-corrected chi connectivity index (χ0v) is 19.7. The van der Waals surface area contributed by atoms with Crippen LogP contribution in [0.25, 0.3) is 5.69 Å². The molecule has 1 heterocycles. The van der Waals surface area contributed by atoms with Crippen LogP contribution in [-0.4, -0.2) is 53.3 Å². The molecule has 0 radical (unpaired) electrons. The van der Waals surface area contributed by atoms with Crippen molar-refractivity contribution < 1.29 is 9.18 Å². The number of aromatic nitrogens is 2. The van der Waals surface area contributed by atoms with Crippen LogP contribution in [0.15, 0.2) is 59.9 Å². The molecule has 4 rings (SSSR count). The molecule has 0 atom stereocenters. The van der Waals surface area contributed by atoms with Gasteiger partial charge in [-0.3, -0.25) is 9.36 Å². The van der Waals surface area contributed by atoms with Gasteiger partial charge in [0.2, 0.25) is 0 Å². The summed E-state index contributed by atoms with van der Waals surface area (Å²) in [4.78, 5) is 21.8. The number of hydrogen-bond acceptors (Lipinski definition) is 4. The molecule has 8 heteroatoms. The third-order valence-electron chi connectivity index (χ3n) is 5.52. The molecule has 168 valence electrons. The van der Waals surface area contributed by atoms with Crippen LogP contribution in [0.3, 0.4) is 0 Å². The van der Waals surface area contributed by atoms with E-state index in [-0.39, 0.29) is 11.7 Å². The Bertz CT molecular complexity index is 1070. The second kappa shape index (κ2) is 10.1. The number of rotatable bonds is 9. The minimum atomic E-state index is -0.342. The highest BCUT2D eigenvalue weighted by Crippen LogP contribution is 2.30. The van der Waals surface area contributed by atoms with Gasteiger partial charge in [0.25, 0.3) is 5.91 Å². The molecule has 3 aromatic rings. The van der Waals surface area contributed by atoms with Crippen molar-refractivity contribution >= 4 is 35.0 Å². The smallest absolute Gasteiger partial charge is 0.276 e. The zero-order valence-electron chi connectivity index (χ0n) is 18.2. The van der Waals surface area contributed by atoms with Crippen molar-refractivity contribution in [2.75, 3.05) is 37.8 Å². The highest BCUT2D eigenvalue weighted by molar-refractivity contribution is 7.99. The summed E-state index contributed by atoms with van der Waals surface area (Å²) in [6.07, 6.45) is 4.28. The molecule has 0 spiro atoms. The van der Waals surface area contributed by atoms with Gasteiger partial charge in [-0.1, -0.05) is 23.4 Å². The van der Waals surface area contributed by atoms with Crippen molar-refractivity contribution in [3.05, 3.63) is 71.3 Å². The molecule has 0 aliphatic heterocycles. The van der Waals surface area contributed by atoms with Crippen LogP contribution in [0.5, 0.6) is 0 Å². The van der Waals surface area contributed by atoms with Gasteiger partial charge in [-0.05, 0) is 74.3 Å². The Balaban J connectivity index is 1.57. The van der Waals surface area contributed by atoms with Crippen molar-refractivity contribution in [2.45, 2.75) is 18.0 Å². The fourth-order valence-electron chi connectivity index (χ4n) is 3.51. The molecule has 2 aromatic carbocycles. The van der Waals surface area contributed by atoms with E-state index in [0.717, 1.165) is 35.6 Å². The quantitative estimate of drug-likeness (QED) is 0.392. The summed E-state index contributed by atoms with van der Waals surface area (Å²) in [7, 11) is 3.82. The fourth-order valence-corrected chi connectivity index (χ4v) is 4.68. The SMILES string of the molecule is CN(CCSc1ncc(C(=O)N(C)c2ccc(F)cc2)n1-c1ccc(Cl)cc1)CC1CC1. The molecule has 1 aliphatic carbocycles. The molecule has 0 N–H and O–H groups in total. The Hall–Kier alpha value is -2.35. The van der Waals surface area contributed by atoms with Crippen molar-refractivity contribution in [2.24, 2.45) is 5.92 Å². The minimum Gasteiger partial charge on any atom is -0.310 e. The van der Waals surface area contributed by atoms with E-state index >= 15 is 0 Å². The standard InChI is InChI=1S/C24H26ClFN4OS/c1-28(16-17-3-4-17)13-14-32-24-27-15-22(30(24)21-9-5-18(25)6-10-21)23(31)29(2)20-11-7-19(26)8-12-20/h5-12,15,17H,3-4,13-14,16H2,1-2H3. The van der Waals surface area contributed by atoms with Gasteiger partial charge in [0.15, 0.2) is 5.16 Å². The third-order valence-corrected chi connectivity index (χ3v) is 6.71. The molecule has 1 aliphatic rings. The summed E-state index contributed by atoms with van der Waals surface area (Å²) in [5.41, 5.74) is 1.86. The summed E-state index contributed by atoms with van der Waals surface area (Å²) in [6, 6.07) is 13.2. The second-order valence-electron chi connectivity index (χ2n) is 8.13. The molecular formula is C24H26ClFN4OS. The average molecular weight is 473 g/mol. The van der Waals surface area contributed by atoms with Crippen LogP contribution in [-0.2, 0) is 0 Å². The summed E-state index contributed by atoms with van der Waals surface area (Å²) < 4.78 is 15.2. The third kappa shape index (κ3) is 5.52. The van der Waals surface area contributed by atoms with Gasteiger partial charge in [-0.15, -0.1) is 0 Å². The Labute approximate surface area is 197 Å². The fraction of sp³-hybridized carbons (Fsp3) is 0.333. The van der Waals surface area contributed by atoms with Gasteiger partial charge in [0.1, 0.15) is 11.5 Å². The van der Waals surface area contributed by atoms with Crippen molar-refractivity contribution in [1.29, 1.82) is 0 Å². The Morgan fingerprint density at radius 3 is 2.50 bits per heavy atom. The lowest BCUT2D eigenvalue weighted by Crippen LogP contribution is -2.28. The first-order chi connectivity index (χ1) is 15.4. The van der Waals surface area contributed by atoms with Crippen molar-refractivity contribution in [1.82, 2.24) is 14.5 Å². The monoisotopic (exact) mass is 472 g/mol. The molecule has 5 nitrogen and oxygen atoms in total. The largest absolute Gasteiger partial charge is 0.310 e. The first-order valence-electron chi connectivity index (χ1n) is 10.6. The molecular weight excluding hydrogens is 447 g/mol. The number of carbonyl (C=O) groups excluding carboxylic acids is 1. The predicted octanol–water partition coefficient (Wildman–Crippen LogP) is 5.38. The van der Waals surface area contributed by atoms with Crippen LogP contribution in [0.2, 0.25) is 5.02 Å². The van der Waals surface area contributed by atoms with Gasteiger partial charge >= 0.3 is 0 Å². The van der Waals surface area contributed by atoms with Crippen LogP contribution in [0, 0.1) is 11.7 Å². The number of benzene rings is 2. The predicted molar refractivity (Wildman–Crippen MR) is 129 cm³/mol. The molecule has 0 bridgehead atoms. The van der Waals surface area contributed by atoms with Gasteiger partial charge in [0, 0.05) is 42.3 Å². The first kappa shape index (κ1) is 22.8. The second-order valence-corrected chi connectivity index (χ2v) is 9.63. The summed E-state index contributed by atoms with van der Waals surface area (Å²) in [5, 5.41) is 1.38. The van der Waals surface area contributed by atoms with Crippen molar-refractivity contribution in [3.63, 3.8) is 0 Å². The lowest BCUT2D eigenvalue weighted by molar-refractivity contribution is 0.0986. The number of halogens is 2. The highest BCUT2D eigenvalue weighted by atomic mass is 35.5. The van der Waals surface area contributed by atoms with Crippen LogP contribution in [0.4, 0.5) is 10.1 Å². The minimum absolute atomic E-state index is 0.225. The summed E-state index contributed by atoms with van der Waals surface area (Å²) in [5.74, 6) is 1.16. The van der Waals surface area contributed by atoms with Gasteiger partial charge in [0.05, 0.1) is 6.20 Å². The van der Waals surface area contributed by atoms with Crippen LogP contribution < -0.4 is 4.90 Å². The maximum atomic E-state index is 13.3. The van der Waals surface area contributed by atoms with Crippen LogP contribution >= 0.6 is 23.4 Å². The Morgan fingerprint density at radius 1 is 1.16 bits per heavy atom. The maximum absolute atomic E-state index is 13.3. The van der Waals surface area contributed by atoms with E-state index in [1.807, 2.05) is 16.7 Å². The number of carbonyl (C=O) groups is 1. The molecule has 1 saturated carbocycles. The van der Waals surface area contributed by atoms with E-state index in [1.54, 1.807) is 49.3 Å². The number of anilines is 1. The van der Waals surface area contributed by atoms with E-state index < -0.39 is 0 Å². The molecule has 0 unspecified atom stereocenters. The van der Waals surface area contributed by atoms with Gasteiger partial charge in [-0.25, -0.2) is 9.37 Å². The number of amides is 1. The molecule has 1 amide bonds. The van der Waals surface area contributed by atoms with Crippen LogP contribution in [0.1, 0.15) is 23.3 Å². The topological polar surface area (TPSA) is 41.4 Å². The van der Waals surface area contributed by atoms with E-state index in [9.17, 15) is 9.18 Å². The molecule has 0 saturated heterocycles. The zero-order chi connectivity index (χ0) is 22.7. The van der Waals surface area contributed by atoms with Gasteiger partial charge < -0.3 is 9.80 Å². The van der Waals surface area contributed by atoms with Gasteiger partial charge in [-0.2, -0.15) is 0 Å². The first-order valence-corrected chi connectivity index (χ1v) is 12.0. The Morgan fingerprint density at radius 2 is 1.84 bits per heavy atom. The Kier molecular flexibility index (Phi) is 7.18. The number of thioether (sulfide) groups is 1. The number of hydrogen-bond donors (Lipinski definition) is 0. The molecule has 32 heavy (non-hydrogen) atoms. The maximum Gasteiger partial charge on any atom is 0.276 e.